The molecule has 1 fully saturated rings. The Labute approximate surface area is 117 Å². The van der Waals surface area contributed by atoms with Crippen LogP contribution in [0.5, 0.6) is 5.75 Å². The average molecular weight is 282 g/mol. The molecule has 1 saturated heterocycles. The van der Waals surface area contributed by atoms with Crippen LogP contribution in [0.25, 0.3) is 0 Å². The summed E-state index contributed by atoms with van der Waals surface area (Å²) < 4.78 is 5.01. The van der Waals surface area contributed by atoms with Gasteiger partial charge in [-0.05, 0) is 30.9 Å². The summed E-state index contributed by atoms with van der Waals surface area (Å²) in [4.78, 5) is 12.9. The average Bonchev–Trinajstić information content (AvgIpc) is 2.92. The molecule has 0 aromatic heterocycles. The van der Waals surface area contributed by atoms with Gasteiger partial charge in [-0.1, -0.05) is 6.07 Å². The van der Waals surface area contributed by atoms with Gasteiger partial charge >= 0.3 is 5.69 Å². The molecule has 1 heterocycles. The van der Waals surface area contributed by atoms with E-state index in [0.29, 0.717) is 11.8 Å². The Morgan fingerprint density at radius 3 is 2.95 bits per heavy atom. The normalized spacial score (nSPS) is 18.8. The molecule has 0 radical (unpaired) electrons. The Hall–Kier alpha value is -1.27. The van der Waals surface area contributed by atoms with Gasteiger partial charge in [-0.3, -0.25) is 15.0 Å². The molecule has 1 atom stereocenters. The molecular weight excluding hydrogens is 264 g/mol. The predicted molar refractivity (Wildman–Crippen MR) is 76.8 cm³/mol. The Morgan fingerprint density at radius 1 is 1.58 bits per heavy atom. The van der Waals surface area contributed by atoms with Gasteiger partial charge < -0.3 is 4.74 Å². The van der Waals surface area contributed by atoms with Gasteiger partial charge in [0.25, 0.3) is 0 Å². The zero-order valence-electron chi connectivity index (χ0n) is 11.2. The van der Waals surface area contributed by atoms with Crippen molar-refractivity contribution in [2.24, 2.45) is 0 Å². The highest BCUT2D eigenvalue weighted by atomic mass is 32.2. The fourth-order valence-corrected chi connectivity index (χ4v) is 3.56. The summed E-state index contributed by atoms with van der Waals surface area (Å²) in [6, 6.07) is 5.75. The summed E-state index contributed by atoms with van der Waals surface area (Å²) >= 11 is 1.97. The van der Waals surface area contributed by atoms with Crippen LogP contribution >= 0.6 is 11.8 Å². The van der Waals surface area contributed by atoms with E-state index in [-0.39, 0.29) is 5.69 Å². The molecule has 0 unspecified atom stereocenters. The highest BCUT2D eigenvalue weighted by Crippen LogP contribution is 2.29. The smallest absolute Gasteiger partial charge is 0.311 e. The van der Waals surface area contributed by atoms with E-state index < -0.39 is 4.92 Å². The van der Waals surface area contributed by atoms with Crippen molar-refractivity contribution in [1.82, 2.24) is 4.90 Å². The zero-order chi connectivity index (χ0) is 13.8. The first-order chi connectivity index (χ1) is 9.11. The van der Waals surface area contributed by atoms with Gasteiger partial charge in [-0.15, -0.1) is 0 Å². The summed E-state index contributed by atoms with van der Waals surface area (Å²) in [6.07, 6.45) is 1.19. The summed E-state index contributed by atoms with van der Waals surface area (Å²) in [5, 5.41) is 11.0. The lowest BCUT2D eigenvalue weighted by Gasteiger charge is -2.23. The van der Waals surface area contributed by atoms with Crippen LogP contribution in [0, 0.1) is 10.1 Å². The number of nitro groups is 1. The predicted octanol–water partition coefficient (Wildman–Crippen LogP) is 2.54. The van der Waals surface area contributed by atoms with Gasteiger partial charge in [0, 0.05) is 24.4 Å². The maximum absolute atomic E-state index is 11.0. The largest absolute Gasteiger partial charge is 0.490 e. The van der Waals surface area contributed by atoms with Crippen molar-refractivity contribution in [2.75, 3.05) is 25.7 Å². The standard InChI is InChI=1S/C13H18N2O3S/c1-14(11-5-6-19-9-11)8-10-3-4-13(18-2)12(7-10)15(16)17/h3-4,7,11H,5-6,8-9H2,1-2H3/t11-/m1/s1. The van der Waals surface area contributed by atoms with Gasteiger partial charge in [0.2, 0.25) is 0 Å². The lowest BCUT2D eigenvalue weighted by Crippen LogP contribution is -2.30. The van der Waals surface area contributed by atoms with Crippen LogP contribution in [-0.2, 0) is 6.54 Å². The van der Waals surface area contributed by atoms with Crippen molar-refractivity contribution >= 4 is 17.4 Å². The molecule has 0 saturated carbocycles. The second kappa shape index (κ2) is 6.25. The second-order valence-electron chi connectivity index (χ2n) is 4.70. The van der Waals surface area contributed by atoms with E-state index in [2.05, 4.69) is 11.9 Å². The monoisotopic (exact) mass is 282 g/mol. The Morgan fingerprint density at radius 2 is 2.37 bits per heavy atom. The lowest BCUT2D eigenvalue weighted by molar-refractivity contribution is -0.385. The first-order valence-electron chi connectivity index (χ1n) is 6.21. The van der Waals surface area contributed by atoms with E-state index >= 15 is 0 Å². The second-order valence-corrected chi connectivity index (χ2v) is 5.85. The number of thioether (sulfide) groups is 1. The summed E-state index contributed by atoms with van der Waals surface area (Å²) in [5.41, 5.74) is 0.987. The Bertz CT molecular complexity index is 461. The highest BCUT2D eigenvalue weighted by molar-refractivity contribution is 7.99. The lowest BCUT2D eigenvalue weighted by atomic mass is 10.1. The molecule has 1 aliphatic rings. The molecule has 1 aromatic carbocycles. The number of hydrogen-bond donors (Lipinski definition) is 0. The molecule has 1 aliphatic heterocycles. The van der Waals surface area contributed by atoms with E-state index in [1.807, 2.05) is 17.8 Å². The number of benzene rings is 1. The quantitative estimate of drug-likeness (QED) is 0.613. The molecule has 0 amide bonds. The fraction of sp³-hybridized carbons (Fsp3) is 0.538. The first kappa shape index (κ1) is 14.1. The van der Waals surface area contributed by atoms with Crippen LogP contribution in [-0.4, -0.2) is 41.5 Å². The SMILES string of the molecule is COc1ccc(CN(C)[C@@H]2CCSC2)cc1[N+](=O)[O-]. The van der Waals surface area contributed by atoms with Gasteiger partial charge in [0.1, 0.15) is 0 Å². The van der Waals surface area contributed by atoms with Crippen molar-refractivity contribution in [3.8, 4) is 5.75 Å². The molecule has 0 bridgehead atoms. The molecule has 0 spiro atoms. The number of nitro benzene ring substituents is 1. The zero-order valence-corrected chi connectivity index (χ0v) is 12.0. The molecular formula is C13H18N2O3S. The number of rotatable bonds is 5. The molecule has 104 valence electrons. The maximum atomic E-state index is 11.0. The first-order valence-corrected chi connectivity index (χ1v) is 7.36. The summed E-state index contributed by atoms with van der Waals surface area (Å²) in [6.45, 7) is 0.732. The third kappa shape index (κ3) is 3.39. The van der Waals surface area contributed by atoms with E-state index in [1.165, 1.54) is 19.3 Å². The molecule has 5 nitrogen and oxygen atoms in total. The van der Waals surface area contributed by atoms with Crippen molar-refractivity contribution in [1.29, 1.82) is 0 Å². The van der Waals surface area contributed by atoms with E-state index in [4.69, 9.17) is 4.74 Å². The van der Waals surface area contributed by atoms with Gasteiger partial charge in [0.05, 0.1) is 12.0 Å². The van der Waals surface area contributed by atoms with Crippen LogP contribution < -0.4 is 4.74 Å². The van der Waals surface area contributed by atoms with Crippen LogP contribution in [0.4, 0.5) is 5.69 Å². The Balaban J connectivity index is 2.11. The van der Waals surface area contributed by atoms with Crippen molar-refractivity contribution in [3.63, 3.8) is 0 Å². The minimum Gasteiger partial charge on any atom is -0.490 e. The van der Waals surface area contributed by atoms with Crippen LogP contribution in [0.1, 0.15) is 12.0 Å². The fourth-order valence-electron chi connectivity index (χ4n) is 2.26. The van der Waals surface area contributed by atoms with Crippen LogP contribution in [0.2, 0.25) is 0 Å². The maximum Gasteiger partial charge on any atom is 0.311 e. The van der Waals surface area contributed by atoms with Gasteiger partial charge in [0.15, 0.2) is 5.75 Å². The molecule has 1 aromatic rings. The van der Waals surface area contributed by atoms with Crippen molar-refractivity contribution in [2.45, 2.75) is 19.0 Å². The third-order valence-corrected chi connectivity index (χ3v) is 4.55. The van der Waals surface area contributed by atoms with Crippen molar-refractivity contribution in [3.05, 3.63) is 33.9 Å². The van der Waals surface area contributed by atoms with E-state index in [1.54, 1.807) is 12.1 Å². The van der Waals surface area contributed by atoms with Gasteiger partial charge in [-0.2, -0.15) is 11.8 Å². The number of ether oxygens (including phenoxy) is 1. The number of nitrogens with zero attached hydrogens (tertiary/aromatic N) is 2. The molecule has 19 heavy (non-hydrogen) atoms. The Kier molecular flexibility index (Phi) is 4.66. The van der Waals surface area contributed by atoms with Crippen molar-refractivity contribution < 1.29 is 9.66 Å². The number of hydrogen-bond acceptors (Lipinski definition) is 5. The van der Waals surface area contributed by atoms with Crippen LogP contribution in [0.3, 0.4) is 0 Å². The van der Waals surface area contributed by atoms with E-state index in [9.17, 15) is 10.1 Å². The molecule has 0 N–H and O–H groups in total. The molecule has 2 rings (SSSR count). The molecule has 6 heteroatoms. The number of methoxy groups -OCH3 is 1. The molecule has 0 aliphatic carbocycles. The summed E-state index contributed by atoms with van der Waals surface area (Å²) in [7, 11) is 3.52. The topological polar surface area (TPSA) is 55.6 Å². The minimum atomic E-state index is -0.395. The third-order valence-electron chi connectivity index (χ3n) is 3.40. The van der Waals surface area contributed by atoms with Crippen LogP contribution in [0.15, 0.2) is 18.2 Å². The minimum absolute atomic E-state index is 0.0363. The highest BCUT2D eigenvalue weighted by Gasteiger charge is 2.21. The summed E-state index contributed by atoms with van der Waals surface area (Å²) in [5.74, 6) is 2.67. The van der Waals surface area contributed by atoms with E-state index in [0.717, 1.165) is 17.9 Å². The van der Waals surface area contributed by atoms with Gasteiger partial charge in [-0.25, -0.2) is 0 Å².